The zero-order chi connectivity index (χ0) is 27.9. The van der Waals surface area contributed by atoms with E-state index >= 15 is 0 Å². The summed E-state index contributed by atoms with van der Waals surface area (Å²) in [5.41, 5.74) is 1.88. The number of hydrogen-bond acceptors (Lipinski definition) is 7. The maximum Gasteiger partial charge on any atom is 0.292 e. The van der Waals surface area contributed by atoms with Crippen molar-refractivity contribution in [3.63, 3.8) is 0 Å². The molecule has 0 spiro atoms. The van der Waals surface area contributed by atoms with Gasteiger partial charge in [-0.3, -0.25) is 9.59 Å². The van der Waals surface area contributed by atoms with Crippen molar-refractivity contribution in [2.24, 2.45) is 0 Å². The Bertz CT molecular complexity index is 1550. The van der Waals surface area contributed by atoms with Crippen LogP contribution in [0.1, 0.15) is 29.5 Å². The van der Waals surface area contributed by atoms with Crippen LogP contribution in [0.2, 0.25) is 0 Å². The maximum atomic E-state index is 13.7. The standard InChI is InChI=1S/C29H26FN5O4.ClH/c1-3-35(2)12-11-27(37)32-20-7-4-6-18(14-20)22-16-24(21-10-9-19(30)15-25(21)36)33-28(23(22)17-31)34-29(38)26-8-5-13-39-26;/h4-10,13-16,36H,3,11-12H2,1-2H3,(H,32,37)(H,33,34,38);1H. The van der Waals surface area contributed by atoms with Crippen LogP contribution in [0.25, 0.3) is 22.4 Å². The fourth-order valence-corrected chi connectivity index (χ4v) is 3.85. The average Bonchev–Trinajstić information content (AvgIpc) is 3.47. The van der Waals surface area contributed by atoms with Crippen molar-refractivity contribution >= 4 is 35.7 Å². The molecule has 2 amide bonds. The van der Waals surface area contributed by atoms with Gasteiger partial charge in [0.2, 0.25) is 5.91 Å². The number of carbonyl (C=O) groups is 2. The lowest BCUT2D eigenvalue weighted by atomic mass is 9.97. The highest BCUT2D eigenvalue weighted by atomic mass is 35.5. The lowest BCUT2D eigenvalue weighted by Crippen LogP contribution is -2.23. The van der Waals surface area contributed by atoms with E-state index in [2.05, 4.69) is 21.7 Å². The molecule has 0 aliphatic rings. The van der Waals surface area contributed by atoms with E-state index < -0.39 is 11.7 Å². The van der Waals surface area contributed by atoms with E-state index in [4.69, 9.17) is 4.42 Å². The van der Waals surface area contributed by atoms with E-state index in [9.17, 15) is 24.3 Å². The van der Waals surface area contributed by atoms with Crippen molar-refractivity contribution in [3.8, 4) is 34.2 Å². The molecule has 0 aliphatic heterocycles. The Hall–Kier alpha value is -4.72. The Balaban J connectivity index is 0.00000441. The maximum absolute atomic E-state index is 13.7. The van der Waals surface area contributed by atoms with Crippen LogP contribution in [0.4, 0.5) is 15.9 Å². The first-order chi connectivity index (χ1) is 18.8. The Kier molecular flexibility index (Phi) is 9.97. The van der Waals surface area contributed by atoms with Crippen molar-refractivity contribution in [2.45, 2.75) is 13.3 Å². The van der Waals surface area contributed by atoms with Crippen molar-refractivity contribution in [3.05, 3.63) is 84.1 Å². The lowest BCUT2D eigenvalue weighted by Gasteiger charge is -2.15. The predicted octanol–water partition coefficient (Wildman–Crippen LogP) is 5.68. The van der Waals surface area contributed by atoms with Gasteiger partial charge in [0.1, 0.15) is 23.2 Å². The molecule has 0 aliphatic carbocycles. The first-order valence-electron chi connectivity index (χ1n) is 12.2. The second-order valence-electron chi connectivity index (χ2n) is 8.76. The molecule has 40 heavy (non-hydrogen) atoms. The third-order valence-electron chi connectivity index (χ3n) is 6.06. The third kappa shape index (κ3) is 7.02. The summed E-state index contributed by atoms with van der Waals surface area (Å²) in [5.74, 6) is -1.85. The number of nitrogens with one attached hydrogen (secondary N) is 2. The molecule has 4 aromatic rings. The number of hydrogen-bond donors (Lipinski definition) is 3. The number of aromatic hydroxyl groups is 1. The summed E-state index contributed by atoms with van der Waals surface area (Å²) in [5, 5.41) is 26.0. The Morgan fingerprint density at radius 2 is 1.90 bits per heavy atom. The Morgan fingerprint density at radius 3 is 2.58 bits per heavy atom. The summed E-state index contributed by atoms with van der Waals surface area (Å²) in [6, 6.07) is 17.0. The quantitative estimate of drug-likeness (QED) is 0.239. The monoisotopic (exact) mass is 563 g/mol. The number of rotatable bonds is 9. The van der Waals surface area contributed by atoms with Crippen molar-refractivity contribution in [2.75, 3.05) is 30.8 Å². The van der Waals surface area contributed by atoms with E-state index in [0.717, 1.165) is 12.6 Å². The molecule has 4 rings (SSSR count). The molecule has 9 nitrogen and oxygen atoms in total. The molecule has 3 N–H and O–H groups in total. The van der Waals surface area contributed by atoms with Crippen LogP contribution in [0.5, 0.6) is 5.75 Å². The number of aromatic nitrogens is 1. The minimum absolute atomic E-state index is 0. The van der Waals surface area contributed by atoms with Crippen LogP contribution in [-0.2, 0) is 4.79 Å². The van der Waals surface area contributed by atoms with Gasteiger partial charge in [0.05, 0.1) is 12.0 Å². The zero-order valence-corrected chi connectivity index (χ0v) is 22.6. The molecule has 11 heteroatoms. The van der Waals surface area contributed by atoms with Crippen LogP contribution >= 0.6 is 12.4 Å². The number of anilines is 2. The third-order valence-corrected chi connectivity index (χ3v) is 6.06. The van der Waals surface area contributed by atoms with Crippen LogP contribution < -0.4 is 10.6 Å². The van der Waals surface area contributed by atoms with E-state index in [1.807, 2.05) is 18.9 Å². The summed E-state index contributed by atoms with van der Waals surface area (Å²) in [6.07, 6.45) is 1.65. The minimum Gasteiger partial charge on any atom is -0.507 e. The Labute approximate surface area is 236 Å². The number of halogens is 2. The molecule has 0 radical (unpaired) electrons. The number of carbonyl (C=O) groups excluding carboxylic acids is 2. The van der Waals surface area contributed by atoms with E-state index in [1.165, 1.54) is 24.5 Å². The van der Waals surface area contributed by atoms with Gasteiger partial charge in [-0.25, -0.2) is 9.37 Å². The number of amides is 2. The molecule has 0 atom stereocenters. The van der Waals surface area contributed by atoms with Crippen LogP contribution in [-0.4, -0.2) is 46.9 Å². The SMILES string of the molecule is CCN(C)CCC(=O)Nc1cccc(-c2cc(-c3ccc(F)cc3O)nc(NC(=O)c3ccco3)c2C#N)c1.Cl. The highest BCUT2D eigenvalue weighted by Crippen LogP contribution is 2.36. The van der Waals surface area contributed by atoms with Crippen LogP contribution in [0.3, 0.4) is 0 Å². The van der Waals surface area contributed by atoms with Gasteiger partial charge in [0.15, 0.2) is 11.6 Å². The van der Waals surface area contributed by atoms with Gasteiger partial charge < -0.3 is 25.1 Å². The number of nitriles is 1. The molecular formula is C29H27ClFN5O4. The van der Waals surface area contributed by atoms with Gasteiger partial charge in [-0.1, -0.05) is 19.1 Å². The van der Waals surface area contributed by atoms with E-state index in [-0.39, 0.29) is 52.5 Å². The van der Waals surface area contributed by atoms with Crippen molar-refractivity contribution < 1.29 is 23.5 Å². The summed E-state index contributed by atoms with van der Waals surface area (Å²) in [4.78, 5) is 31.7. The summed E-state index contributed by atoms with van der Waals surface area (Å²) in [6.45, 7) is 3.44. The second-order valence-corrected chi connectivity index (χ2v) is 8.76. The number of phenolic OH excluding ortho intramolecular Hbond substituents is 1. The highest BCUT2D eigenvalue weighted by molar-refractivity contribution is 6.03. The number of nitrogens with zero attached hydrogens (tertiary/aromatic N) is 3. The Morgan fingerprint density at radius 1 is 1.10 bits per heavy atom. The number of pyridine rings is 1. The highest BCUT2D eigenvalue weighted by Gasteiger charge is 2.20. The molecule has 0 saturated carbocycles. The molecule has 206 valence electrons. The predicted molar refractivity (Wildman–Crippen MR) is 152 cm³/mol. The summed E-state index contributed by atoms with van der Waals surface area (Å²) in [7, 11) is 1.93. The first kappa shape index (κ1) is 29.8. The summed E-state index contributed by atoms with van der Waals surface area (Å²) < 4.78 is 18.8. The average molecular weight is 564 g/mol. The summed E-state index contributed by atoms with van der Waals surface area (Å²) >= 11 is 0. The van der Waals surface area contributed by atoms with Gasteiger partial charge in [0, 0.05) is 35.8 Å². The minimum atomic E-state index is -0.634. The number of phenols is 1. The molecule has 0 bridgehead atoms. The van der Waals surface area contributed by atoms with Crippen molar-refractivity contribution in [1.29, 1.82) is 5.26 Å². The van der Waals surface area contributed by atoms with Gasteiger partial charge >= 0.3 is 0 Å². The van der Waals surface area contributed by atoms with E-state index in [1.54, 1.807) is 36.4 Å². The van der Waals surface area contributed by atoms with Gasteiger partial charge in [-0.05, 0) is 61.6 Å². The fourth-order valence-electron chi connectivity index (χ4n) is 3.85. The zero-order valence-electron chi connectivity index (χ0n) is 21.8. The molecule has 0 saturated heterocycles. The van der Waals surface area contributed by atoms with Gasteiger partial charge in [-0.15, -0.1) is 12.4 Å². The second kappa shape index (κ2) is 13.4. The molecule has 0 fully saturated rings. The van der Waals surface area contributed by atoms with E-state index in [0.29, 0.717) is 29.8 Å². The van der Waals surface area contributed by atoms with Gasteiger partial charge in [0.25, 0.3) is 5.91 Å². The smallest absolute Gasteiger partial charge is 0.292 e. The molecule has 2 aromatic carbocycles. The largest absolute Gasteiger partial charge is 0.507 e. The molecule has 0 unspecified atom stereocenters. The van der Waals surface area contributed by atoms with Crippen molar-refractivity contribution in [1.82, 2.24) is 9.88 Å². The van der Waals surface area contributed by atoms with Crippen LogP contribution in [0, 0.1) is 17.1 Å². The van der Waals surface area contributed by atoms with Crippen LogP contribution in [0.15, 0.2) is 71.3 Å². The fraction of sp³-hybridized carbons (Fsp3) is 0.172. The molecule has 2 heterocycles. The normalized spacial score (nSPS) is 10.5. The topological polar surface area (TPSA) is 131 Å². The van der Waals surface area contributed by atoms with Gasteiger partial charge in [-0.2, -0.15) is 5.26 Å². The molecule has 2 aromatic heterocycles. The number of benzene rings is 2. The first-order valence-corrected chi connectivity index (χ1v) is 12.2. The number of furan rings is 1. The lowest BCUT2D eigenvalue weighted by molar-refractivity contribution is -0.116. The molecular weight excluding hydrogens is 537 g/mol.